The van der Waals surface area contributed by atoms with Gasteiger partial charge in [0.05, 0.1) is 16.1 Å². The molecule has 1 unspecified atom stereocenters. The predicted molar refractivity (Wildman–Crippen MR) is 78.6 cm³/mol. The van der Waals surface area contributed by atoms with Gasteiger partial charge in [0, 0.05) is 11.4 Å². The molecule has 1 aromatic carbocycles. The fourth-order valence-electron chi connectivity index (χ4n) is 1.55. The molecule has 1 aliphatic rings. The summed E-state index contributed by atoms with van der Waals surface area (Å²) < 4.78 is 13.3. The van der Waals surface area contributed by atoms with Gasteiger partial charge in [-0.2, -0.15) is 0 Å². The van der Waals surface area contributed by atoms with Crippen molar-refractivity contribution in [3.63, 3.8) is 0 Å². The van der Waals surface area contributed by atoms with Crippen molar-refractivity contribution in [1.82, 2.24) is 0 Å². The molecule has 18 heavy (non-hydrogen) atoms. The van der Waals surface area contributed by atoms with Gasteiger partial charge in [0.2, 0.25) is 0 Å². The van der Waals surface area contributed by atoms with E-state index >= 15 is 0 Å². The molecule has 6 heteroatoms. The summed E-state index contributed by atoms with van der Waals surface area (Å²) in [5.74, 6) is 0.880. The quantitative estimate of drug-likeness (QED) is 0.803. The number of hydrogen-bond donors (Lipinski definition) is 1. The SMILES string of the molecule is CC(C)C1CSC(Nc2cc(Cl)c(F)c(Cl)c2)=N1. The maximum absolute atomic E-state index is 13.3. The van der Waals surface area contributed by atoms with Crippen molar-refractivity contribution in [2.24, 2.45) is 10.9 Å². The summed E-state index contributed by atoms with van der Waals surface area (Å²) in [6, 6.07) is 3.34. The van der Waals surface area contributed by atoms with Crippen LogP contribution in [0.2, 0.25) is 10.0 Å². The van der Waals surface area contributed by atoms with E-state index in [1.807, 2.05) is 0 Å². The molecule has 0 saturated carbocycles. The topological polar surface area (TPSA) is 24.4 Å². The Labute approximate surface area is 120 Å². The first-order valence-electron chi connectivity index (χ1n) is 5.59. The van der Waals surface area contributed by atoms with E-state index in [2.05, 4.69) is 24.2 Å². The first kappa shape index (κ1) is 14.0. The van der Waals surface area contributed by atoms with E-state index in [4.69, 9.17) is 23.2 Å². The normalized spacial score (nSPS) is 19.2. The Bertz CT molecular complexity index is 468. The van der Waals surface area contributed by atoms with Gasteiger partial charge < -0.3 is 5.32 Å². The lowest BCUT2D eigenvalue weighted by atomic mass is 10.1. The molecule has 1 aliphatic heterocycles. The number of nitrogens with zero attached hydrogens (tertiary/aromatic N) is 1. The molecule has 0 fully saturated rings. The largest absolute Gasteiger partial charge is 0.335 e. The van der Waals surface area contributed by atoms with E-state index in [0.717, 1.165) is 10.9 Å². The minimum absolute atomic E-state index is 0.00834. The fourth-order valence-corrected chi connectivity index (χ4v) is 3.23. The maximum Gasteiger partial charge on any atom is 0.161 e. The van der Waals surface area contributed by atoms with Gasteiger partial charge in [-0.25, -0.2) is 4.39 Å². The van der Waals surface area contributed by atoms with E-state index in [1.165, 1.54) is 12.1 Å². The van der Waals surface area contributed by atoms with Crippen LogP contribution in [-0.4, -0.2) is 17.0 Å². The van der Waals surface area contributed by atoms with Gasteiger partial charge in [-0.3, -0.25) is 4.99 Å². The number of nitrogens with one attached hydrogen (secondary N) is 1. The zero-order chi connectivity index (χ0) is 13.3. The number of aliphatic imine (C=N–C) groups is 1. The molecular formula is C12H13Cl2FN2S. The summed E-state index contributed by atoms with van der Waals surface area (Å²) in [5, 5.41) is 3.96. The number of hydrogen-bond acceptors (Lipinski definition) is 3. The van der Waals surface area contributed by atoms with Crippen LogP contribution in [0.4, 0.5) is 10.1 Å². The number of anilines is 1. The molecule has 2 nitrogen and oxygen atoms in total. The number of halogens is 3. The Hall–Kier alpha value is -0.450. The summed E-state index contributed by atoms with van der Waals surface area (Å²) in [5.41, 5.74) is 0.655. The lowest BCUT2D eigenvalue weighted by Crippen LogP contribution is -2.12. The van der Waals surface area contributed by atoms with Crippen molar-refractivity contribution in [2.75, 3.05) is 11.1 Å². The molecule has 1 aromatic rings. The third-order valence-electron chi connectivity index (χ3n) is 2.68. The smallest absolute Gasteiger partial charge is 0.161 e. The molecule has 0 aliphatic carbocycles. The molecule has 1 heterocycles. The van der Waals surface area contributed by atoms with Gasteiger partial charge in [-0.1, -0.05) is 48.8 Å². The van der Waals surface area contributed by atoms with Gasteiger partial charge in [0.25, 0.3) is 0 Å². The van der Waals surface area contributed by atoms with E-state index in [0.29, 0.717) is 17.6 Å². The molecule has 1 atom stereocenters. The molecule has 98 valence electrons. The Balaban J connectivity index is 2.13. The number of thioether (sulfide) groups is 1. The summed E-state index contributed by atoms with van der Waals surface area (Å²) in [4.78, 5) is 4.55. The van der Waals surface area contributed by atoms with Gasteiger partial charge in [-0.05, 0) is 18.1 Å². The van der Waals surface area contributed by atoms with Crippen LogP contribution in [0.15, 0.2) is 17.1 Å². The minimum atomic E-state index is -0.593. The van der Waals surface area contributed by atoms with Crippen molar-refractivity contribution < 1.29 is 4.39 Å². The van der Waals surface area contributed by atoms with E-state index in [1.54, 1.807) is 11.8 Å². The summed E-state index contributed by atoms with van der Waals surface area (Å²) >= 11 is 13.1. The first-order chi connectivity index (χ1) is 8.47. The highest BCUT2D eigenvalue weighted by molar-refractivity contribution is 8.14. The predicted octanol–water partition coefficient (Wildman–Crippen LogP) is 4.67. The number of benzene rings is 1. The van der Waals surface area contributed by atoms with Crippen LogP contribution in [0.1, 0.15) is 13.8 Å². The zero-order valence-corrected chi connectivity index (χ0v) is 12.3. The monoisotopic (exact) mass is 306 g/mol. The van der Waals surface area contributed by atoms with Crippen LogP contribution in [0.5, 0.6) is 0 Å². The number of amidine groups is 1. The Morgan fingerprint density at radius 3 is 2.50 bits per heavy atom. The van der Waals surface area contributed by atoms with E-state index in [-0.39, 0.29) is 10.0 Å². The summed E-state index contributed by atoms with van der Waals surface area (Å²) in [6.07, 6.45) is 0. The second kappa shape index (κ2) is 5.68. The zero-order valence-electron chi connectivity index (χ0n) is 10.0. The van der Waals surface area contributed by atoms with Gasteiger partial charge in [0.15, 0.2) is 11.0 Å². The second-order valence-electron chi connectivity index (χ2n) is 4.44. The summed E-state index contributed by atoms with van der Waals surface area (Å²) in [6.45, 7) is 4.28. The average Bonchev–Trinajstić information content (AvgIpc) is 2.74. The van der Waals surface area contributed by atoms with Gasteiger partial charge >= 0.3 is 0 Å². The van der Waals surface area contributed by atoms with Crippen molar-refractivity contribution in [3.05, 3.63) is 28.0 Å². The average molecular weight is 307 g/mol. The summed E-state index contributed by atoms with van der Waals surface area (Å²) in [7, 11) is 0. The fraction of sp³-hybridized carbons (Fsp3) is 0.417. The highest BCUT2D eigenvalue weighted by atomic mass is 35.5. The Morgan fingerprint density at radius 1 is 1.39 bits per heavy atom. The molecular weight excluding hydrogens is 294 g/mol. The van der Waals surface area contributed by atoms with Gasteiger partial charge in [-0.15, -0.1) is 0 Å². The lowest BCUT2D eigenvalue weighted by Gasteiger charge is -2.08. The molecule has 0 spiro atoms. The van der Waals surface area contributed by atoms with E-state index < -0.39 is 5.82 Å². The molecule has 0 aromatic heterocycles. The van der Waals surface area contributed by atoms with Crippen LogP contribution >= 0.6 is 35.0 Å². The third kappa shape index (κ3) is 3.11. The van der Waals surface area contributed by atoms with Crippen LogP contribution in [0, 0.1) is 11.7 Å². The molecule has 0 bridgehead atoms. The maximum atomic E-state index is 13.3. The van der Waals surface area contributed by atoms with Crippen LogP contribution < -0.4 is 5.32 Å². The van der Waals surface area contributed by atoms with Crippen molar-refractivity contribution in [1.29, 1.82) is 0 Å². The molecule has 0 radical (unpaired) electrons. The third-order valence-corrected chi connectivity index (χ3v) is 4.22. The molecule has 1 N–H and O–H groups in total. The molecule has 2 rings (SSSR count). The standard InChI is InChI=1S/C12H13Cl2FN2S/c1-6(2)10-5-18-12(17-10)16-7-3-8(13)11(15)9(14)4-7/h3-4,6,10H,5H2,1-2H3,(H,16,17). The van der Waals surface area contributed by atoms with E-state index in [9.17, 15) is 4.39 Å². The Kier molecular flexibility index (Phi) is 4.41. The molecule has 0 saturated heterocycles. The Morgan fingerprint density at radius 2 is 2.00 bits per heavy atom. The first-order valence-corrected chi connectivity index (χ1v) is 7.33. The van der Waals surface area contributed by atoms with Gasteiger partial charge in [0.1, 0.15) is 0 Å². The molecule has 0 amide bonds. The van der Waals surface area contributed by atoms with Crippen molar-refractivity contribution in [3.8, 4) is 0 Å². The number of rotatable bonds is 2. The van der Waals surface area contributed by atoms with Crippen LogP contribution in [-0.2, 0) is 0 Å². The van der Waals surface area contributed by atoms with Crippen LogP contribution in [0.3, 0.4) is 0 Å². The minimum Gasteiger partial charge on any atom is -0.335 e. The van der Waals surface area contributed by atoms with Crippen molar-refractivity contribution in [2.45, 2.75) is 19.9 Å². The van der Waals surface area contributed by atoms with Crippen molar-refractivity contribution >= 4 is 45.8 Å². The van der Waals surface area contributed by atoms with Crippen LogP contribution in [0.25, 0.3) is 0 Å². The lowest BCUT2D eigenvalue weighted by molar-refractivity contribution is 0.543. The highest BCUT2D eigenvalue weighted by Gasteiger charge is 2.21. The highest BCUT2D eigenvalue weighted by Crippen LogP contribution is 2.29. The second-order valence-corrected chi connectivity index (χ2v) is 6.26.